The molecule has 1 fully saturated rings. The zero-order chi connectivity index (χ0) is 20.2. The number of benzene rings is 2. The number of para-hydroxylation sites is 2. The maximum absolute atomic E-state index is 13.1. The highest BCUT2D eigenvalue weighted by Gasteiger charge is 2.33. The number of aryl methyl sites for hydroxylation is 1. The molecule has 4 rings (SSSR count). The maximum atomic E-state index is 13.1. The summed E-state index contributed by atoms with van der Waals surface area (Å²) in [6.45, 7) is 3.54. The van der Waals surface area contributed by atoms with E-state index in [1.54, 1.807) is 4.90 Å². The zero-order valence-electron chi connectivity index (χ0n) is 16.5. The average molecular weight is 406 g/mol. The summed E-state index contributed by atoms with van der Waals surface area (Å²) < 4.78 is 7.56. The van der Waals surface area contributed by atoms with Crippen LogP contribution < -0.4 is 0 Å². The lowest BCUT2D eigenvalue weighted by Gasteiger charge is -2.15. The quantitative estimate of drug-likeness (QED) is 0.436. The van der Waals surface area contributed by atoms with Crippen LogP contribution in [0.2, 0.25) is 0 Å². The largest absolute Gasteiger partial charge is 0.380 e. The van der Waals surface area contributed by atoms with Crippen molar-refractivity contribution >= 4 is 45.5 Å². The van der Waals surface area contributed by atoms with Gasteiger partial charge in [0, 0.05) is 36.3 Å². The number of fused-ring (bicyclic) bond motifs is 1. The number of carbonyl (C=O) groups excluding carboxylic acids is 1. The smallest absolute Gasteiger partial charge is 0.266 e. The molecular weight excluding hydrogens is 382 g/mol. The van der Waals surface area contributed by atoms with Crippen LogP contribution in [0.5, 0.6) is 0 Å². The van der Waals surface area contributed by atoms with Crippen molar-refractivity contribution in [1.29, 1.82) is 0 Å². The summed E-state index contributed by atoms with van der Waals surface area (Å²) in [4.78, 5) is 20.2. The topological polar surface area (TPSA) is 46.8 Å². The lowest BCUT2D eigenvalue weighted by molar-refractivity contribution is -0.122. The average Bonchev–Trinajstić information content (AvgIpc) is 3.21. The lowest BCUT2D eigenvalue weighted by Crippen LogP contribution is -2.32. The van der Waals surface area contributed by atoms with Crippen molar-refractivity contribution in [2.75, 3.05) is 19.8 Å². The van der Waals surface area contributed by atoms with Gasteiger partial charge in [-0.05, 0) is 43.0 Å². The molecule has 3 aromatic rings. The number of nitrogens with zero attached hydrogens (tertiary/aromatic N) is 3. The predicted molar refractivity (Wildman–Crippen MR) is 120 cm³/mol. The number of rotatable bonds is 6. The van der Waals surface area contributed by atoms with Crippen LogP contribution in [0, 0.1) is 0 Å². The van der Waals surface area contributed by atoms with Crippen molar-refractivity contribution < 1.29 is 9.53 Å². The number of hydrogen-bond donors (Lipinski definition) is 0. The second-order valence-electron chi connectivity index (χ2n) is 6.71. The molecule has 5 nitrogen and oxygen atoms in total. The van der Waals surface area contributed by atoms with E-state index in [-0.39, 0.29) is 5.91 Å². The first-order valence-electron chi connectivity index (χ1n) is 9.64. The minimum absolute atomic E-state index is 0.0303. The highest BCUT2D eigenvalue weighted by molar-refractivity contribution is 8.18. The van der Waals surface area contributed by atoms with Crippen molar-refractivity contribution in [3.05, 3.63) is 71.3 Å². The summed E-state index contributed by atoms with van der Waals surface area (Å²) in [5.41, 5.74) is 3.00. The van der Waals surface area contributed by atoms with Crippen molar-refractivity contribution in [3.8, 4) is 0 Å². The van der Waals surface area contributed by atoms with Gasteiger partial charge in [-0.3, -0.25) is 9.69 Å². The fraction of sp³-hybridized carbons (Fsp3) is 0.217. The molecule has 1 aromatic heterocycles. The van der Waals surface area contributed by atoms with Gasteiger partial charge in [0.2, 0.25) is 0 Å². The Morgan fingerprint density at radius 3 is 2.66 bits per heavy atom. The molecule has 1 amide bonds. The number of aromatic nitrogens is 1. The fourth-order valence-corrected chi connectivity index (χ4v) is 4.35. The molecule has 0 unspecified atom stereocenters. The molecule has 29 heavy (non-hydrogen) atoms. The molecule has 148 valence electrons. The van der Waals surface area contributed by atoms with Crippen LogP contribution in [0.1, 0.15) is 12.5 Å². The van der Waals surface area contributed by atoms with Crippen molar-refractivity contribution in [2.45, 2.75) is 6.92 Å². The third-order valence-electron chi connectivity index (χ3n) is 4.75. The molecular formula is C23H23N3O2S. The molecule has 0 saturated carbocycles. The molecule has 6 heteroatoms. The van der Waals surface area contributed by atoms with Gasteiger partial charge in [0.25, 0.3) is 5.91 Å². The molecule has 0 aliphatic carbocycles. The van der Waals surface area contributed by atoms with Crippen LogP contribution in [-0.4, -0.2) is 40.3 Å². The van der Waals surface area contributed by atoms with Crippen LogP contribution in [0.4, 0.5) is 5.69 Å². The number of ether oxygens (including phenoxy) is 1. The van der Waals surface area contributed by atoms with Gasteiger partial charge in [-0.2, -0.15) is 0 Å². The van der Waals surface area contributed by atoms with Gasteiger partial charge in [0.1, 0.15) is 0 Å². The van der Waals surface area contributed by atoms with E-state index in [0.29, 0.717) is 29.8 Å². The second-order valence-corrected chi connectivity index (χ2v) is 7.72. The van der Waals surface area contributed by atoms with Crippen LogP contribution in [0.3, 0.4) is 0 Å². The van der Waals surface area contributed by atoms with Crippen LogP contribution in [-0.2, 0) is 16.6 Å². The number of amides is 1. The van der Waals surface area contributed by atoms with E-state index < -0.39 is 0 Å². The minimum Gasteiger partial charge on any atom is -0.380 e. The number of hydrogen-bond acceptors (Lipinski definition) is 4. The Morgan fingerprint density at radius 2 is 1.86 bits per heavy atom. The molecule has 1 aliphatic heterocycles. The molecule has 2 heterocycles. The molecule has 1 aliphatic rings. The Kier molecular flexibility index (Phi) is 5.83. The van der Waals surface area contributed by atoms with Gasteiger partial charge >= 0.3 is 0 Å². The van der Waals surface area contributed by atoms with E-state index in [4.69, 9.17) is 9.73 Å². The van der Waals surface area contributed by atoms with E-state index >= 15 is 0 Å². The van der Waals surface area contributed by atoms with Crippen LogP contribution in [0.15, 0.2) is 70.7 Å². The Hall–Kier alpha value is -2.83. The molecule has 0 atom stereocenters. The number of aliphatic imine (C=N–C) groups is 1. The monoisotopic (exact) mass is 405 g/mol. The van der Waals surface area contributed by atoms with E-state index in [1.807, 2.05) is 62.5 Å². The standard InChI is InChI=1S/C23H23N3O2S/c1-3-28-14-13-26-22(27)21(29-23(26)24-18-9-5-4-6-10-18)15-17-16-25(2)20-12-8-7-11-19(17)20/h4-12,15-16H,3,13-14H2,1-2H3/b21-15-,24-23?. The first kappa shape index (κ1) is 19.5. The second kappa shape index (κ2) is 8.68. The highest BCUT2D eigenvalue weighted by Crippen LogP contribution is 2.35. The molecule has 1 saturated heterocycles. The molecule has 2 aromatic carbocycles. The third-order valence-corrected chi connectivity index (χ3v) is 5.75. The van der Waals surface area contributed by atoms with Gasteiger partial charge in [-0.25, -0.2) is 4.99 Å². The first-order chi connectivity index (χ1) is 14.2. The van der Waals surface area contributed by atoms with Crippen LogP contribution in [0.25, 0.3) is 17.0 Å². The lowest BCUT2D eigenvalue weighted by atomic mass is 10.1. The van der Waals surface area contributed by atoms with Crippen molar-refractivity contribution in [2.24, 2.45) is 12.0 Å². The van der Waals surface area contributed by atoms with Gasteiger partial charge in [-0.15, -0.1) is 0 Å². The van der Waals surface area contributed by atoms with E-state index in [9.17, 15) is 4.79 Å². The molecule has 0 radical (unpaired) electrons. The van der Waals surface area contributed by atoms with Gasteiger partial charge in [0.05, 0.1) is 23.7 Å². The molecule has 0 spiro atoms. The third kappa shape index (κ3) is 4.13. The summed E-state index contributed by atoms with van der Waals surface area (Å²) in [5, 5.41) is 1.82. The predicted octanol–water partition coefficient (Wildman–Crippen LogP) is 4.82. The highest BCUT2D eigenvalue weighted by atomic mass is 32.2. The zero-order valence-corrected chi connectivity index (χ0v) is 17.4. The first-order valence-corrected chi connectivity index (χ1v) is 10.5. The summed E-state index contributed by atoms with van der Waals surface area (Å²) in [6, 6.07) is 17.9. The van der Waals surface area contributed by atoms with Crippen molar-refractivity contribution in [1.82, 2.24) is 9.47 Å². The Balaban J connectivity index is 1.70. The van der Waals surface area contributed by atoms with E-state index in [2.05, 4.69) is 22.9 Å². The number of carbonyl (C=O) groups is 1. The summed E-state index contributed by atoms with van der Waals surface area (Å²) in [7, 11) is 2.02. The number of amidine groups is 1. The SMILES string of the molecule is CCOCCN1C(=O)/C(=C/c2cn(C)c3ccccc23)SC1=Nc1ccccc1. The molecule has 0 bridgehead atoms. The Labute approximate surface area is 174 Å². The van der Waals surface area contributed by atoms with Gasteiger partial charge < -0.3 is 9.30 Å². The summed E-state index contributed by atoms with van der Waals surface area (Å²) in [5.74, 6) is -0.0303. The van der Waals surface area contributed by atoms with Crippen LogP contribution >= 0.6 is 11.8 Å². The normalized spacial score (nSPS) is 17.2. The van der Waals surface area contributed by atoms with Gasteiger partial charge in [0.15, 0.2) is 5.17 Å². The Bertz CT molecular complexity index is 1090. The summed E-state index contributed by atoms with van der Waals surface area (Å²) >= 11 is 1.42. The molecule has 0 N–H and O–H groups in total. The van der Waals surface area contributed by atoms with E-state index in [1.165, 1.54) is 11.8 Å². The van der Waals surface area contributed by atoms with Gasteiger partial charge in [-0.1, -0.05) is 36.4 Å². The van der Waals surface area contributed by atoms with E-state index in [0.717, 1.165) is 22.2 Å². The fourth-order valence-electron chi connectivity index (χ4n) is 3.33. The summed E-state index contributed by atoms with van der Waals surface area (Å²) in [6.07, 6.45) is 4.03. The minimum atomic E-state index is -0.0303. The maximum Gasteiger partial charge on any atom is 0.266 e. The van der Waals surface area contributed by atoms with Crippen molar-refractivity contribution in [3.63, 3.8) is 0 Å². The number of thioether (sulfide) groups is 1. The Morgan fingerprint density at radius 1 is 1.10 bits per heavy atom.